The third-order valence-corrected chi connectivity index (χ3v) is 6.91. The zero-order valence-corrected chi connectivity index (χ0v) is 16.0. The van der Waals surface area contributed by atoms with Gasteiger partial charge in [0, 0.05) is 0 Å². The summed E-state index contributed by atoms with van der Waals surface area (Å²) in [7, 11) is 0. The van der Waals surface area contributed by atoms with Crippen LogP contribution in [0.5, 0.6) is 0 Å². The highest BCUT2D eigenvalue weighted by Crippen LogP contribution is 2.41. The third kappa shape index (κ3) is 2.76. The van der Waals surface area contributed by atoms with E-state index in [1.54, 1.807) is 22.7 Å². The molecule has 132 valence electrons. The van der Waals surface area contributed by atoms with E-state index < -0.39 is 0 Å². The number of rotatable bonds is 4. The van der Waals surface area contributed by atoms with Crippen LogP contribution in [0, 0.1) is 0 Å². The van der Waals surface area contributed by atoms with E-state index in [9.17, 15) is 0 Å². The molecule has 0 bridgehead atoms. The summed E-state index contributed by atoms with van der Waals surface area (Å²) in [6.07, 6.45) is 2.28. The number of thiazole rings is 1. The molecule has 4 aromatic rings. The van der Waals surface area contributed by atoms with Crippen molar-refractivity contribution >= 4 is 32.9 Å². The van der Waals surface area contributed by atoms with Crippen molar-refractivity contribution in [3.8, 4) is 10.8 Å². The molecule has 5 nitrogen and oxygen atoms in total. The van der Waals surface area contributed by atoms with Crippen molar-refractivity contribution in [3.63, 3.8) is 0 Å². The van der Waals surface area contributed by atoms with Crippen molar-refractivity contribution in [3.05, 3.63) is 52.7 Å². The molecule has 5 rings (SSSR count). The number of likely N-dealkylation sites (tertiary alicyclic amines) is 1. The highest BCUT2D eigenvalue weighted by Gasteiger charge is 2.34. The molecule has 1 aliphatic heterocycles. The lowest BCUT2D eigenvalue weighted by atomic mass is 10.2. The Bertz CT molecular complexity index is 990. The van der Waals surface area contributed by atoms with Gasteiger partial charge in [-0.2, -0.15) is 0 Å². The third-order valence-electron chi connectivity index (χ3n) is 4.92. The van der Waals surface area contributed by atoms with Crippen LogP contribution in [0.1, 0.15) is 42.7 Å². The lowest BCUT2D eigenvalue weighted by molar-refractivity contribution is 0.168. The molecule has 3 aromatic heterocycles. The van der Waals surface area contributed by atoms with Gasteiger partial charge in [0.1, 0.15) is 5.01 Å². The number of hydrogen-bond donors (Lipinski definition) is 0. The van der Waals surface area contributed by atoms with Crippen molar-refractivity contribution < 1.29 is 4.42 Å². The number of aromatic nitrogens is 3. The summed E-state index contributed by atoms with van der Waals surface area (Å²) in [5.74, 6) is 1.29. The summed E-state index contributed by atoms with van der Waals surface area (Å²) < 4.78 is 7.22. The van der Waals surface area contributed by atoms with E-state index in [2.05, 4.69) is 40.2 Å². The first kappa shape index (κ1) is 16.1. The van der Waals surface area contributed by atoms with E-state index >= 15 is 0 Å². The second kappa shape index (κ2) is 6.57. The Morgan fingerprint density at radius 1 is 1.19 bits per heavy atom. The highest BCUT2D eigenvalue weighted by molar-refractivity contribution is 7.18. The molecule has 1 saturated heterocycles. The Balaban J connectivity index is 1.43. The number of thiophene rings is 1. The van der Waals surface area contributed by atoms with Gasteiger partial charge in [0.15, 0.2) is 0 Å². The quantitative estimate of drug-likeness (QED) is 0.479. The Morgan fingerprint density at radius 3 is 2.96 bits per heavy atom. The summed E-state index contributed by atoms with van der Waals surface area (Å²) in [6.45, 7) is 3.18. The molecular weight excluding hydrogens is 364 g/mol. The van der Waals surface area contributed by atoms with E-state index in [1.165, 1.54) is 9.71 Å². The first-order chi connectivity index (χ1) is 12.8. The summed E-state index contributed by atoms with van der Waals surface area (Å²) in [6, 6.07) is 12.8. The molecule has 2 atom stereocenters. The Hall–Kier alpha value is -2.09. The van der Waals surface area contributed by atoms with Gasteiger partial charge in [0.2, 0.25) is 5.89 Å². The van der Waals surface area contributed by atoms with E-state index in [-0.39, 0.29) is 6.04 Å². The fourth-order valence-corrected chi connectivity index (χ4v) is 5.36. The predicted molar refractivity (Wildman–Crippen MR) is 104 cm³/mol. The topological polar surface area (TPSA) is 55.1 Å². The van der Waals surface area contributed by atoms with Gasteiger partial charge in [-0.3, -0.25) is 4.90 Å². The van der Waals surface area contributed by atoms with Crippen molar-refractivity contribution in [1.82, 2.24) is 20.1 Å². The SMILES string of the molecule is CC(c1nnc(-c2cccs2)o1)N1CCCC1c1nc2ccccc2s1. The molecule has 0 aliphatic carbocycles. The van der Waals surface area contributed by atoms with Crippen LogP contribution in [-0.4, -0.2) is 26.6 Å². The van der Waals surface area contributed by atoms with Gasteiger partial charge in [-0.25, -0.2) is 4.98 Å². The smallest absolute Gasteiger partial charge is 0.257 e. The van der Waals surface area contributed by atoms with Gasteiger partial charge in [0.05, 0.1) is 27.2 Å². The predicted octanol–water partition coefficient (Wildman–Crippen LogP) is 5.31. The number of para-hydroxylation sites is 1. The zero-order chi connectivity index (χ0) is 17.5. The summed E-state index contributed by atoms with van der Waals surface area (Å²) in [5.41, 5.74) is 1.09. The highest BCUT2D eigenvalue weighted by atomic mass is 32.1. The van der Waals surface area contributed by atoms with Crippen molar-refractivity contribution in [2.75, 3.05) is 6.54 Å². The maximum absolute atomic E-state index is 5.97. The summed E-state index contributed by atoms with van der Waals surface area (Å²) in [5, 5.41) is 11.8. The minimum absolute atomic E-state index is 0.0794. The molecule has 0 amide bonds. The minimum Gasteiger partial charge on any atom is -0.418 e. The lowest BCUT2D eigenvalue weighted by Crippen LogP contribution is -2.26. The molecule has 2 unspecified atom stereocenters. The monoisotopic (exact) mass is 382 g/mol. The molecule has 4 heterocycles. The zero-order valence-electron chi connectivity index (χ0n) is 14.3. The summed E-state index contributed by atoms with van der Waals surface area (Å²) >= 11 is 3.41. The van der Waals surface area contributed by atoms with Crippen LogP contribution in [0.25, 0.3) is 21.0 Å². The maximum Gasteiger partial charge on any atom is 0.257 e. The van der Waals surface area contributed by atoms with Gasteiger partial charge in [-0.1, -0.05) is 18.2 Å². The number of hydrogen-bond acceptors (Lipinski definition) is 7. The van der Waals surface area contributed by atoms with Crippen LogP contribution in [-0.2, 0) is 0 Å². The Morgan fingerprint density at radius 2 is 2.12 bits per heavy atom. The van der Waals surface area contributed by atoms with E-state index in [4.69, 9.17) is 9.40 Å². The van der Waals surface area contributed by atoms with E-state index in [1.807, 2.05) is 23.6 Å². The van der Waals surface area contributed by atoms with Crippen molar-refractivity contribution in [1.29, 1.82) is 0 Å². The maximum atomic E-state index is 5.97. The number of benzene rings is 1. The van der Waals surface area contributed by atoms with Crippen molar-refractivity contribution in [2.24, 2.45) is 0 Å². The Kier molecular flexibility index (Phi) is 4.07. The fourth-order valence-electron chi connectivity index (χ4n) is 3.60. The average molecular weight is 383 g/mol. The molecule has 26 heavy (non-hydrogen) atoms. The molecule has 0 N–H and O–H groups in total. The number of fused-ring (bicyclic) bond motifs is 1. The second-order valence-corrected chi connectivity index (χ2v) is 8.52. The van der Waals surface area contributed by atoms with Gasteiger partial charge >= 0.3 is 0 Å². The van der Waals surface area contributed by atoms with Gasteiger partial charge in [0.25, 0.3) is 5.89 Å². The first-order valence-corrected chi connectivity index (χ1v) is 10.5. The standard InChI is InChI=1S/C19H18N4OS2/c1-12(17-21-22-18(24-17)16-9-5-11-25-16)23-10-4-7-14(23)19-20-13-6-2-3-8-15(13)26-19/h2-3,5-6,8-9,11-12,14H,4,7,10H2,1H3. The molecule has 0 radical (unpaired) electrons. The Labute approximate surface area is 159 Å². The van der Waals surface area contributed by atoms with E-state index in [0.717, 1.165) is 29.8 Å². The average Bonchev–Trinajstić information content (AvgIpc) is 3.47. The largest absolute Gasteiger partial charge is 0.418 e. The minimum atomic E-state index is 0.0794. The van der Waals surface area contributed by atoms with Crippen LogP contribution < -0.4 is 0 Å². The van der Waals surface area contributed by atoms with Crippen LogP contribution in [0.4, 0.5) is 0 Å². The van der Waals surface area contributed by atoms with Gasteiger partial charge in [-0.15, -0.1) is 32.9 Å². The lowest BCUT2D eigenvalue weighted by Gasteiger charge is -2.27. The van der Waals surface area contributed by atoms with Gasteiger partial charge in [-0.05, 0) is 49.9 Å². The molecule has 0 spiro atoms. The normalized spacial score (nSPS) is 19.3. The molecular formula is C19H18N4OS2. The first-order valence-electron chi connectivity index (χ1n) is 8.78. The van der Waals surface area contributed by atoms with Crippen LogP contribution in [0.2, 0.25) is 0 Å². The molecule has 1 aliphatic rings. The molecule has 1 fully saturated rings. The van der Waals surface area contributed by atoms with Crippen LogP contribution in [0.3, 0.4) is 0 Å². The fraction of sp³-hybridized carbons (Fsp3) is 0.316. The van der Waals surface area contributed by atoms with Crippen LogP contribution >= 0.6 is 22.7 Å². The summed E-state index contributed by atoms with van der Waals surface area (Å²) in [4.78, 5) is 8.34. The van der Waals surface area contributed by atoms with Crippen molar-refractivity contribution in [2.45, 2.75) is 31.8 Å². The second-order valence-electron chi connectivity index (χ2n) is 6.51. The molecule has 7 heteroatoms. The van der Waals surface area contributed by atoms with E-state index in [0.29, 0.717) is 17.8 Å². The molecule has 0 saturated carbocycles. The molecule has 1 aromatic carbocycles. The van der Waals surface area contributed by atoms with Gasteiger partial charge < -0.3 is 4.42 Å². The van der Waals surface area contributed by atoms with Crippen LogP contribution in [0.15, 0.2) is 46.2 Å². The number of nitrogens with zero attached hydrogens (tertiary/aromatic N) is 4.